The van der Waals surface area contributed by atoms with Crippen molar-refractivity contribution < 1.29 is 49.3 Å². The van der Waals surface area contributed by atoms with E-state index in [0.29, 0.717) is 12.8 Å². The Morgan fingerprint density at radius 1 is 0.438 bits per heavy atom. The lowest BCUT2D eigenvalue weighted by Gasteiger charge is -2.41. The van der Waals surface area contributed by atoms with Crippen LogP contribution < -0.4 is 5.32 Å². The van der Waals surface area contributed by atoms with E-state index in [1.165, 1.54) is 199 Å². The fourth-order valence-corrected chi connectivity index (χ4v) is 11.4. The molecule has 1 saturated heterocycles. The molecule has 11 nitrogen and oxygen atoms in total. The van der Waals surface area contributed by atoms with E-state index in [1.54, 1.807) is 6.08 Å². The molecular weight excluding hydrogens is 1110 g/mol. The molecule has 0 aliphatic carbocycles. The van der Waals surface area contributed by atoms with Crippen LogP contribution in [0.5, 0.6) is 0 Å². The lowest BCUT2D eigenvalue weighted by molar-refractivity contribution is -0.305. The molecule has 1 fully saturated rings. The first kappa shape index (κ1) is 83.9. The number of ether oxygens (including phenoxy) is 3. The summed E-state index contributed by atoms with van der Waals surface area (Å²) < 4.78 is 17.7. The van der Waals surface area contributed by atoms with Crippen molar-refractivity contribution >= 4 is 11.9 Å². The molecule has 6 N–H and O–H groups in total. The van der Waals surface area contributed by atoms with Gasteiger partial charge in [-0.05, 0) is 103 Å². The highest BCUT2D eigenvalue weighted by molar-refractivity contribution is 5.80. The lowest BCUT2D eigenvalue weighted by atomic mass is 9.99. The standard InChI is InChI=1S/C78H139NO10/c1-4-7-10-13-16-19-22-25-27-29-31-33-34-35-36-37-39-40-42-44-47-50-53-56-59-62-65-71(82)77(86)79-69(70(81)64-61-58-55-52-49-46-24-21-18-15-12-9-6-3)68-87-78-76(75(85)74(84)72(67-80)88-78)89-73(83)66-63-60-57-54-51-48-45-43-41-38-32-30-28-26-23-20-17-14-11-8-5-2/h16-17,19-20,25-28,31,33,35-36,61,64,69-72,74-76,78,80-82,84-85H,4-15,18,21-24,29-30,32,34,37-60,62-63,65-68H2,1-3H3,(H,79,86)/b19-16-,20-17-,27-25-,28-26-,33-31-,36-35-,64-61+. The number of hydrogen-bond donors (Lipinski definition) is 6. The zero-order valence-electron chi connectivity index (χ0n) is 57.5. The minimum absolute atomic E-state index is 0.119. The largest absolute Gasteiger partial charge is 0.454 e. The van der Waals surface area contributed by atoms with E-state index in [9.17, 15) is 35.1 Å². The van der Waals surface area contributed by atoms with Gasteiger partial charge >= 0.3 is 5.97 Å². The van der Waals surface area contributed by atoms with Crippen LogP contribution in [0.3, 0.4) is 0 Å². The number of allylic oxidation sites excluding steroid dienone is 13. The molecule has 0 saturated carbocycles. The fraction of sp³-hybridized carbons (Fsp3) is 0.795. The van der Waals surface area contributed by atoms with E-state index < -0.39 is 67.4 Å². The molecule has 8 atom stereocenters. The van der Waals surface area contributed by atoms with Crippen LogP contribution >= 0.6 is 0 Å². The first-order chi connectivity index (χ1) is 43.7. The number of unbranched alkanes of at least 4 members (excludes halogenated alkanes) is 38. The highest BCUT2D eigenvalue weighted by Gasteiger charge is 2.47. The number of amides is 1. The van der Waals surface area contributed by atoms with Gasteiger partial charge < -0.3 is 45.1 Å². The Bertz CT molecular complexity index is 1780. The van der Waals surface area contributed by atoms with E-state index in [1.807, 2.05) is 6.08 Å². The van der Waals surface area contributed by atoms with Crippen LogP contribution in [-0.2, 0) is 23.8 Å². The third-order valence-corrected chi connectivity index (χ3v) is 17.3. The van der Waals surface area contributed by atoms with Gasteiger partial charge in [0.2, 0.25) is 5.91 Å². The summed E-state index contributed by atoms with van der Waals surface area (Å²) in [4.78, 5) is 26.7. The zero-order valence-corrected chi connectivity index (χ0v) is 57.5. The van der Waals surface area contributed by atoms with Gasteiger partial charge in [-0.25, -0.2) is 0 Å². The van der Waals surface area contributed by atoms with E-state index >= 15 is 0 Å². The maximum Gasteiger partial charge on any atom is 0.306 e. The van der Waals surface area contributed by atoms with Crippen molar-refractivity contribution in [3.8, 4) is 0 Å². The summed E-state index contributed by atoms with van der Waals surface area (Å²) in [6.45, 7) is 5.78. The Kier molecular flexibility index (Phi) is 61.2. The molecule has 0 aromatic carbocycles. The van der Waals surface area contributed by atoms with Crippen molar-refractivity contribution in [1.82, 2.24) is 5.32 Å². The van der Waals surface area contributed by atoms with Gasteiger partial charge in [0.15, 0.2) is 12.4 Å². The summed E-state index contributed by atoms with van der Waals surface area (Å²) in [6, 6.07) is -1.03. The number of nitrogens with one attached hydrogen (secondary N) is 1. The van der Waals surface area contributed by atoms with Crippen LogP contribution in [0.25, 0.3) is 0 Å². The van der Waals surface area contributed by atoms with Crippen LogP contribution in [0.4, 0.5) is 0 Å². The molecule has 0 radical (unpaired) electrons. The summed E-state index contributed by atoms with van der Waals surface area (Å²) in [5, 5.41) is 57.4. The van der Waals surface area contributed by atoms with Crippen molar-refractivity contribution in [3.63, 3.8) is 0 Å². The van der Waals surface area contributed by atoms with Gasteiger partial charge in [-0.3, -0.25) is 9.59 Å². The molecule has 1 amide bonds. The quantitative estimate of drug-likeness (QED) is 0.0195. The molecule has 0 bridgehead atoms. The van der Waals surface area contributed by atoms with Crippen molar-refractivity contribution in [2.75, 3.05) is 13.2 Å². The van der Waals surface area contributed by atoms with Crippen molar-refractivity contribution in [1.29, 1.82) is 0 Å². The number of hydrogen-bond acceptors (Lipinski definition) is 10. The third-order valence-electron chi connectivity index (χ3n) is 17.3. The van der Waals surface area contributed by atoms with E-state index in [-0.39, 0.29) is 19.4 Å². The minimum atomic E-state index is -1.62. The number of carbonyl (C=O) groups is 2. The molecular formula is C78H139NO10. The SMILES string of the molecule is CCCCC/C=C\C/C=C\C/C=C\C/C=C\CCCCCCCCCCCCC(O)C(=O)NC(COC1OC(CO)C(O)C(O)C1OC(=O)CCCCCCCCCCCCC/C=C\C/C=C\CCCCC)C(O)/C=C/CCCCCCCCCCCCC. The van der Waals surface area contributed by atoms with Gasteiger partial charge in [-0.15, -0.1) is 0 Å². The van der Waals surface area contributed by atoms with Crippen LogP contribution in [0.1, 0.15) is 335 Å². The Balaban J connectivity index is 2.57. The second-order valence-corrected chi connectivity index (χ2v) is 25.7. The summed E-state index contributed by atoms with van der Waals surface area (Å²) in [5.74, 6) is -1.19. The van der Waals surface area contributed by atoms with Gasteiger partial charge in [0.25, 0.3) is 0 Å². The van der Waals surface area contributed by atoms with Crippen molar-refractivity contribution in [2.24, 2.45) is 0 Å². The Labute approximate surface area is 546 Å². The van der Waals surface area contributed by atoms with Gasteiger partial charge in [0.1, 0.15) is 24.4 Å². The summed E-state index contributed by atoms with van der Waals surface area (Å²) >= 11 is 0. The van der Waals surface area contributed by atoms with Gasteiger partial charge in [0, 0.05) is 6.42 Å². The topological polar surface area (TPSA) is 175 Å². The second-order valence-electron chi connectivity index (χ2n) is 25.7. The number of rotatable bonds is 64. The van der Waals surface area contributed by atoms with Gasteiger partial charge in [-0.2, -0.15) is 0 Å². The maximum atomic E-state index is 13.5. The maximum absolute atomic E-state index is 13.5. The molecule has 1 aliphatic heterocycles. The molecule has 1 rings (SSSR count). The highest BCUT2D eigenvalue weighted by atomic mass is 16.7. The van der Waals surface area contributed by atoms with Gasteiger partial charge in [0.05, 0.1) is 25.4 Å². The molecule has 1 heterocycles. The molecule has 516 valence electrons. The first-order valence-electron chi connectivity index (χ1n) is 37.4. The first-order valence-corrected chi connectivity index (χ1v) is 37.4. The Morgan fingerprint density at radius 3 is 1.18 bits per heavy atom. The number of carbonyl (C=O) groups excluding carboxylic acids is 2. The summed E-state index contributed by atoms with van der Waals surface area (Å²) in [6.07, 6.45) is 76.1. The van der Waals surface area contributed by atoms with Crippen LogP contribution in [0.15, 0.2) is 85.1 Å². The summed E-state index contributed by atoms with van der Waals surface area (Å²) in [5.41, 5.74) is 0. The lowest BCUT2D eigenvalue weighted by Crippen LogP contribution is -2.61. The highest BCUT2D eigenvalue weighted by Crippen LogP contribution is 2.26. The number of aliphatic hydroxyl groups is 5. The van der Waals surface area contributed by atoms with Crippen molar-refractivity contribution in [2.45, 2.75) is 384 Å². The molecule has 89 heavy (non-hydrogen) atoms. The zero-order chi connectivity index (χ0) is 64.6. The van der Waals surface area contributed by atoms with Crippen LogP contribution in [0.2, 0.25) is 0 Å². The van der Waals surface area contributed by atoms with E-state index in [2.05, 4.69) is 99.0 Å². The average molecular weight is 1250 g/mol. The van der Waals surface area contributed by atoms with Crippen LogP contribution in [0, 0.1) is 0 Å². The molecule has 1 aliphatic rings. The number of aliphatic hydroxyl groups excluding tert-OH is 5. The smallest absolute Gasteiger partial charge is 0.306 e. The molecule has 11 heteroatoms. The predicted octanol–water partition coefficient (Wildman–Crippen LogP) is 19.6. The number of esters is 1. The normalized spacial score (nSPS) is 18.6. The predicted molar refractivity (Wildman–Crippen MR) is 375 cm³/mol. The van der Waals surface area contributed by atoms with Crippen molar-refractivity contribution in [3.05, 3.63) is 85.1 Å². The fourth-order valence-electron chi connectivity index (χ4n) is 11.4. The van der Waals surface area contributed by atoms with E-state index in [0.717, 1.165) is 89.9 Å². The molecule has 8 unspecified atom stereocenters. The van der Waals surface area contributed by atoms with Crippen LogP contribution in [-0.4, -0.2) is 99.6 Å². The summed E-state index contributed by atoms with van der Waals surface area (Å²) in [7, 11) is 0. The minimum Gasteiger partial charge on any atom is -0.454 e. The molecule has 0 spiro atoms. The molecule has 0 aromatic rings. The second kappa shape index (κ2) is 64.9. The Morgan fingerprint density at radius 2 is 0.775 bits per heavy atom. The van der Waals surface area contributed by atoms with E-state index in [4.69, 9.17) is 14.2 Å². The third kappa shape index (κ3) is 52.0. The Hall–Kier alpha value is -3.16. The molecule has 0 aromatic heterocycles. The monoisotopic (exact) mass is 1250 g/mol. The van der Waals surface area contributed by atoms with Gasteiger partial charge in [-0.1, -0.05) is 311 Å². The average Bonchev–Trinajstić information content (AvgIpc) is 3.11.